The Kier molecular flexibility index (Phi) is 5.12. The number of alkyl halides is 1. The number of rotatable bonds is 5. The normalized spacial score (nSPS) is 15.1. The van der Waals surface area contributed by atoms with E-state index in [1.54, 1.807) is 6.20 Å². The van der Waals surface area contributed by atoms with E-state index in [0.29, 0.717) is 10.9 Å². The summed E-state index contributed by atoms with van der Waals surface area (Å²) >= 11 is 12.4. The first-order valence-corrected chi connectivity index (χ1v) is 7.95. The van der Waals surface area contributed by atoms with Gasteiger partial charge in [-0.2, -0.15) is 0 Å². The molecule has 0 N–H and O–H groups in total. The van der Waals surface area contributed by atoms with Gasteiger partial charge in [0.15, 0.2) is 5.65 Å². The highest BCUT2D eigenvalue weighted by Crippen LogP contribution is 2.31. The van der Waals surface area contributed by atoms with E-state index in [2.05, 4.69) is 47.4 Å². The molecule has 2 atom stereocenters. The van der Waals surface area contributed by atoms with E-state index < -0.39 is 0 Å². The molecule has 21 heavy (non-hydrogen) atoms. The van der Waals surface area contributed by atoms with Gasteiger partial charge in [-0.3, -0.25) is 0 Å². The van der Waals surface area contributed by atoms with E-state index in [0.717, 1.165) is 23.5 Å². The van der Waals surface area contributed by atoms with Crippen LogP contribution in [-0.2, 0) is 0 Å². The van der Waals surface area contributed by atoms with Gasteiger partial charge in [0.05, 0.1) is 16.4 Å². The van der Waals surface area contributed by atoms with Gasteiger partial charge in [0.1, 0.15) is 11.3 Å². The standard InChI is InChI=1S/C15H22Cl2N4/c1-9(2)13(8-20(4)5)21-14(10(3)16)19-12-6-11(17)7-18-15(12)21/h6-7,9-10,13H,8H2,1-5H3. The molecule has 0 saturated carbocycles. The van der Waals surface area contributed by atoms with Crippen molar-refractivity contribution in [2.45, 2.75) is 32.2 Å². The van der Waals surface area contributed by atoms with Crippen LogP contribution in [0.15, 0.2) is 12.3 Å². The lowest BCUT2D eigenvalue weighted by molar-refractivity contribution is 0.268. The summed E-state index contributed by atoms with van der Waals surface area (Å²) in [6, 6.07) is 2.10. The van der Waals surface area contributed by atoms with Crippen LogP contribution in [0.25, 0.3) is 11.2 Å². The molecule has 0 aromatic carbocycles. The predicted molar refractivity (Wildman–Crippen MR) is 89.2 cm³/mol. The highest BCUT2D eigenvalue weighted by Gasteiger charge is 2.25. The number of halogens is 2. The zero-order valence-corrected chi connectivity index (χ0v) is 14.7. The molecule has 4 nitrogen and oxygen atoms in total. The predicted octanol–water partition coefficient (Wildman–Crippen LogP) is 4.14. The molecule has 2 aromatic heterocycles. The van der Waals surface area contributed by atoms with Gasteiger partial charge in [-0.1, -0.05) is 25.4 Å². The lowest BCUT2D eigenvalue weighted by Gasteiger charge is -2.28. The summed E-state index contributed by atoms with van der Waals surface area (Å²) in [7, 11) is 4.14. The highest BCUT2D eigenvalue weighted by molar-refractivity contribution is 6.31. The minimum Gasteiger partial charge on any atom is -0.307 e. The Labute approximate surface area is 136 Å². The van der Waals surface area contributed by atoms with E-state index in [1.807, 2.05) is 13.0 Å². The molecule has 0 bridgehead atoms. The van der Waals surface area contributed by atoms with Crippen LogP contribution >= 0.6 is 23.2 Å². The fourth-order valence-electron chi connectivity index (χ4n) is 2.55. The molecule has 0 radical (unpaired) electrons. The average molecular weight is 329 g/mol. The van der Waals surface area contributed by atoms with Crippen molar-refractivity contribution in [1.82, 2.24) is 19.4 Å². The van der Waals surface area contributed by atoms with E-state index in [4.69, 9.17) is 23.2 Å². The van der Waals surface area contributed by atoms with Gasteiger partial charge in [0.25, 0.3) is 0 Å². The summed E-state index contributed by atoms with van der Waals surface area (Å²) < 4.78 is 2.17. The van der Waals surface area contributed by atoms with Gasteiger partial charge in [-0.15, -0.1) is 11.6 Å². The maximum Gasteiger partial charge on any atom is 0.160 e. The molecule has 0 aliphatic heterocycles. The third-order valence-corrected chi connectivity index (χ3v) is 3.93. The molecule has 2 heterocycles. The van der Waals surface area contributed by atoms with Crippen molar-refractivity contribution in [2.75, 3.05) is 20.6 Å². The van der Waals surface area contributed by atoms with Crippen LogP contribution in [-0.4, -0.2) is 40.1 Å². The second-order valence-corrected chi connectivity index (χ2v) is 7.12. The monoisotopic (exact) mass is 328 g/mol. The third kappa shape index (κ3) is 3.50. The van der Waals surface area contributed by atoms with Gasteiger partial charge < -0.3 is 9.47 Å². The first-order chi connectivity index (χ1) is 9.81. The Morgan fingerprint density at radius 1 is 1.29 bits per heavy atom. The summed E-state index contributed by atoms with van der Waals surface area (Å²) in [6.45, 7) is 7.26. The molecule has 0 amide bonds. The summed E-state index contributed by atoms with van der Waals surface area (Å²) in [4.78, 5) is 11.3. The Balaban J connectivity index is 2.65. The summed E-state index contributed by atoms with van der Waals surface area (Å²) in [5, 5.41) is 0.413. The topological polar surface area (TPSA) is 34.0 Å². The minimum absolute atomic E-state index is 0.179. The van der Waals surface area contributed by atoms with Crippen molar-refractivity contribution >= 4 is 34.4 Å². The number of likely N-dealkylation sites (N-methyl/N-ethyl adjacent to an activating group) is 1. The van der Waals surface area contributed by atoms with Crippen molar-refractivity contribution in [1.29, 1.82) is 0 Å². The molecule has 0 aliphatic rings. The van der Waals surface area contributed by atoms with Crippen LogP contribution in [0.4, 0.5) is 0 Å². The summed E-state index contributed by atoms with van der Waals surface area (Å²) in [5.74, 6) is 1.29. The number of nitrogens with zero attached hydrogens (tertiary/aromatic N) is 4. The van der Waals surface area contributed by atoms with Gasteiger partial charge >= 0.3 is 0 Å². The fourth-order valence-corrected chi connectivity index (χ4v) is 2.85. The van der Waals surface area contributed by atoms with Crippen molar-refractivity contribution in [3.05, 3.63) is 23.1 Å². The Hall–Kier alpha value is -0.840. The number of imidazole rings is 1. The average Bonchev–Trinajstić information content (AvgIpc) is 2.73. The van der Waals surface area contributed by atoms with Gasteiger partial charge in [-0.25, -0.2) is 9.97 Å². The number of hydrogen-bond donors (Lipinski definition) is 0. The first kappa shape index (κ1) is 16.5. The maximum absolute atomic E-state index is 6.35. The quantitative estimate of drug-likeness (QED) is 0.773. The van der Waals surface area contributed by atoms with Crippen LogP contribution in [0.5, 0.6) is 0 Å². The van der Waals surface area contributed by atoms with Crippen LogP contribution in [0.1, 0.15) is 38.0 Å². The molecule has 0 spiro atoms. The van der Waals surface area contributed by atoms with E-state index in [-0.39, 0.29) is 11.4 Å². The van der Waals surface area contributed by atoms with Crippen molar-refractivity contribution in [3.8, 4) is 0 Å². The lowest BCUT2D eigenvalue weighted by atomic mass is 10.0. The fraction of sp³-hybridized carbons (Fsp3) is 0.600. The molecular weight excluding hydrogens is 307 g/mol. The molecule has 0 saturated heterocycles. The first-order valence-electron chi connectivity index (χ1n) is 7.13. The van der Waals surface area contributed by atoms with Crippen LogP contribution in [0.3, 0.4) is 0 Å². The van der Waals surface area contributed by atoms with E-state index in [9.17, 15) is 0 Å². The van der Waals surface area contributed by atoms with Crippen molar-refractivity contribution < 1.29 is 0 Å². The number of aromatic nitrogens is 3. The second kappa shape index (κ2) is 6.51. The zero-order valence-electron chi connectivity index (χ0n) is 13.1. The molecule has 0 aliphatic carbocycles. The molecule has 0 fully saturated rings. The number of fused-ring (bicyclic) bond motifs is 1. The van der Waals surface area contributed by atoms with Gasteiger partial charge in [-0.05, 0) is 33.0 Å². The summed E-state index contributed by atoms with van der Waals surface area (Å²) in [5.41, 5.74) is 1.65. The number of pyridine rings is 1. The van der Waals surface area contributed by atoms with Gasteiger partial charge in [0.2, 0.25) is 0 Å². The van der Waals surface area contributed by atoms with E-state index in [1.165, 1.54) is 0 Å². The molecule has 2 rings (SSSR count). The minimum atomic E-state index is -0.179. The Morgan fingerprint density at radius 2 is 1.95 bits per heavy atom. The highest BCUT2D eigenvalue weighted by atomic mass is 35.5. The summed E-state index contributed by atoms with van der Waals surface area (Å²) in [6.07, 6.45) is 1.66. The number of hydrogen-bond acceptors (Lipinski definition) is 3. The molecule has 116 valence electrons. The largest absolute Gasteiger partial charge is 0.307 e. The molecule has 2 unspecified atom stereocenters. The van der Waals surface area contributed by atoms with Crippen molar-refractivity contribution in [2.24, 2.45) is 5.92 Å². The lowest BCUT2D eigenvalue weighted by Crippen LogP contribution is -2.29. The molecule has 6 heteroatoms. The second-order valence-electron chi connectivity index (χ2n) is 6.03. The van der Waals surface area contributed by atoms with Crippen molar-refractivity contribution in [3.63, 3.8) is 0 Å². The SMILES string of the molecule is CC(Cl)c1nc2cc(Cl)cnc2n1C(CN(C)C)C(C)C. The molecule has 2 aromatic rings. The van der Waals surface area contributed by atoms with Gasteiger partial charge in [0, 0.05) is 12.7 Å². The van der Waals surface area contributed by atoms with Crippen LogP contribution in [0.2, 0.25) is 5.02 Å². The smallest absolute Gasteiger partial charge is 0.160 e. The third-order valence-electron chi connectivity index (χ3n) is 3.53. The zero-order chi connectivity index (χ0) is 15.7. The van der Waals surface area contributed by atoms with Crippen LogP contribution in [0, 0.1) is 5.92 Å². The Bertz CT molecular complexity index is 619. The molecular formula is C15H22Cl2N4. The van der Waals surface area contributed by atoms with E-state index >= 15 is 0 Å². The Morgan fingerprint density at radius 3 is 2.48 bits per heavy atom. The van der Waals surface area contributed by atoms with Crippen LogP contribution < -0.4 is 0 Å². The maximum atomic E-state index is 6.35.